The Morgan fingerprint density at radius 2 is 2.00 bits per heavy atom. The van der Waals surface area contributed by atoms with Crippen molar-refractivity contribution in [2.75, 3.05) is 5.32 Å². The van der Waals surface area contributed by atoms with E-state index in [0.717, 1.165) is 5.56 Å². The zero-order chi connectivity index (χ0) is 14.7. The SMILES string of the molecule is CC(C)c1c(Cl)ncnc1Nc1cc(Cl)ccc1C#N. The molecule has 0 amide bonds. The number of nitriles is 1. The Bertz CT molecular complexity index is 677. The lowest BCUT2D eigenvalue weighted by molar-refractivity contribution is 0.850. The molecule has 0 aliphatic heterocycles. The lowest BCUT2D eigenvalue weighted by Gasteiger charge is -2.15. The number of hydrogen-bond acceptors (Lipinski definition) is 4. The molecule has 0 saturated heterocycles. The Hall–Kier alpha value is -1.83. The average molecular weight is 307 g/mol. The maximum Gasteiger partial charge on any atom is 0.138 e. The highest BCUT2D eigenvalue weighted by atomic mass is 35.5. The molecule has 0 saturated carbocycles. The van der Waals surface area contributed by atoms with Gasteiger partial charge in [-0.15, -0.1) is 0 Å². The van der Waals surface area contributed by atoms with Crippen LogP contribution in [0.4, 0.5) is 11.5 Å². The Morgan fingerprint density at radius 1 is 1.25 bits per heavy atom. The van der Waals surface area contributed by atoms with E-state index >= 15 is 0 Å². The standard InChI is InChI=1S/C14H12Cl2N4/c1-8(2)12-13(16)18-7-19-14(12)20-11-5-10(15)4-3-9(11)6-17/h3-5,7-8H,1-2H3,(H,18,19,20). The maximum atomic E-state index is 9.13. The van der Waals surface area contributed by atoms with Crippen LogP contribution in [0.2, 0.25) is 10.2 Å². The van der Waals surface area contributed by atoms with E-state index in [0.29, 0.717) is 27.2 Å². The number of anilines is 2. The van der Waals surface area contributed by atoms with Gasteiger partial charge in [-0.05, 0) is 24.1 Å². The summed E-state index contributed by atoms with van der Waals surface area (Å²) in [5.74, 6) is 0.731. The molecule has 1 aromatic carbocycles. The number of rotatable bonds is 3. The second-order valence-corrected chi connectivity index (χ2v) is 5.30. The van der Waals surface area contributed by atoms with Crippen LogP contribution in [0.25, 0.3) is 0 Å². The smallest absolute Gasteiger partial charge is 0.138 e. The van der Waals surface area contributed by atoms with Crippen LogP contribution >= 0.6 is 23.2 Å². The maximum absolute atomic E-state index is 9.13. The first-order valence-corrected chi connectivity index (χ1v) is 6.75. The van der Waals surface area contributed by atoms with Gasteiger partial charge >= 0.3 is 0 Å². The number of nitrogens with one attached hydrogen (secondary N) is 1. The molecule has 0 radical (unpaired) electrons. The topological polar surface area (TPSA) is 61.6 Å². The Balaban J connectivity index is 2.48. The quantitative estimate of drug-likeness (QED) is 0.847. The average Bonchev–Trinajstić information content (AvgIpc) is 2.38. The molecule has 0 spiro atoms. The highest BCUT2D eigenvalue weighted by Gasteiger charge is 2.15. The molecule has 0 aliphatic rings. The van der Waals surface area contributed by atoms with Crippen LogP contribution in [0, 0.1) is 11.3 Å². The third-order valence-corrected chi connectivity index (χ3v) is 3.30. The van der Waals surface area contributed by atoms with Crippen molar-refractivity contribution in [3.05, 3.63) is 45.8 Å². The van der Waals surface area contributed by atoms with Crippen molar-refractivity contribution in [3.8, 4) is 6.07 Å². The largest absolute Gasteiger partial charge is 0.339 e. The molecule has 0 bridgehead atoms. The molecule has 4 nitrogen and oxygen atoms in total. The van der Waals surface area contributed by atoms with Gasteiger partial charge in [-0.25, -0.2) is 9.97 Å². The van der Waals surface area contributed by atoms with Crippen LogP contribution < -0.4 is 5.32 Å². The molecular weight excluding hydrogens is 295 g/mol. The summed E-state index contributed by atoms with van der Waals surface area (Å²) in [6.07, 6.45) is 1.38. The van der Waals surface area contributed by atoms with E-state index in [2.05, 4.69) is 21.4 Å². The van der Waals surface area contributed by atoms with Gasteiger partial charge in [0.1, 0.15) is 23.4 Å². The van der Waals surface area contributed by atoms with Crippen molar-refractivity contribution >= 4 is 34.7 Å². The van der Waals surface area contributed by atoms with Crippen molar-refractivity contribution < 1.29 is 0 Å². The fourth-order valence-corrected chi connectivity index (χ4v) is 2.35. The van der Waals surface area contributed by atoms with E-state index in [1.807, 2.05) is 13.8 Å². The number of hydrogen-bond donors (Lipinski definition) is 1. The van der Waals surface area contributed by atoms with Gasteiger partial charge in [0.05, 0.1) is 11.3 Å². The second kappa shape index (κ2) is 6.08. The predicted molar refractivity (Wildman–Crippen MR) is 80.6 cm³/mol. The summed E-state index contributed by atoms with van der Waals surface area (Å²) in [6, 6.07) is 7.11. The molecule has 1 aromatic heterocycles. The summed E-state index contributed by atoms with van der Waals surface area (Å²) >= 11 is 12.1. The summed E-state index contributed by atoms with van der Waals surface area (Å²) in [5, 5.41) is 13.2. The minimum absolute atomic E-state index is 0.149. The lowest BCUT2D eigenvalue weighted by Crippen LogP contribution is -2.04. The Morgan fingerprint density at radius 3 is 2.65 bits per heavy atom. The molecule has 0 aliphatic carbocycles. The molecule has 2 aromatic rings. The Labute approximate surface area is 127 Å². The molecule has 0 fully saturated rings. The summed E-state index contributed by atoms with van der Waals surface area (Å²) < 4.78 is 0. The highest BCUT2D eigenvalue weighted by Crippen LogP contribution is 2.31. The minimum Gasteiger partial charge on any atom is -0.339 e. The summed E-state index contributed by atoms with van der Waals surface area (Å²) in [4.78, 5) is 8.19. The minimum atomic E-state index is 0.149. The summed E-state index contributed by atoms with van der Waals surface area (Å²) in [5.41, 5.74) is 1.88. The van der Waals surface area contributed by atoms with Gasteiger partial charge in [0.15, 0.2) is 0 Å². The van der Waals surface area contributed by atoms with Crippen molar-refractivity contribution in [2.24, 2.45) is 0 Å². The molecule has 1 N–H and O–H groups in total. The molecule has 0 atom stereocenters. The predicted octanol–water partition coefficient (Wildman–Crippen LogP) is 4.52. The van der Waals surface area contributed by atoms with Crippen molar-refractivity contribution in [1.82, 2.24) is 9.97 Å². The van der Waals surface area contributed by atoms with Crippen LogP contribution in [-0.4, -0.2) is 9.97 Å². The number of benzene rings is 1. The van der Waals surface area contributed by atoms with E-state index in [9.17, 15) is 0 Å². The Kier molecular flexibility index (Phi) is 4.43. The monoisotopic (exact) mass is 306 g/mol. The summed E-state index contributed by atoms with van der Waals surface area (Å²) in [6.45, 7) is 4.00. The van der Waals surface area contributed by atoms with Crippen LogP contribution in [0.1, 0.15) is 30.9 Å². The van der Waals surface area contributed by atoms with Crippen molar-refractivity contribution in [3.63, 3.8) is 0 Å². The molecule has 102 valence electrons. The van der Waals surface area contributed by atoms with E-state index < -0.39 is 0 Å². The first-order chi connectivity index (χ1) is 9.52. The van der Waals surface area contributed by atoms with Crippen LogP contribution in [0.5, 0.6) is 0 Å². The van der Waals surface area contributed by atoms with Crippen molar-refractivity contribution in [2.45, 2.75) is 19.8 Å². The molecule has 1 heterocycles. The zero-order valence-electron chi connectivity index (χ0n) is 11.0. The fraction of sp³-hybridized carbons (Fsp3) is 0.214. The van der Waals surface area contributed by atoms with Gasteiger partial charge in [-0.3, -0.25) is 0 Å². The van der Waals surface area contributed by atoms with Crippen LogP contribution in [0.3, 0.4) is 0 Å². The molecule has 6 heteroatoms. The van der Waals surface area contributed by atoms with Crippen LogP contribution in [-0.2, 0) is 0 Å². The summed E-state index contributed by atoms with van der Waals surface area (Å²) in [7, 11) is 0. The molecular formula is C14H12Cl2N4. The van der Waals surface area contributed by atoms with Crippen LogP contribution in [0.15, 0.2) is 24.5 Å². The van der Waals surface area contributed by atoms with Gasteiger partial charge in [0, 0.05) is 10.6 Å². The zero-order valence-corrected chi connectivity index (χ0v) is 12.5. The number of aromatic nitrogens is 2. The highest BCUT2D eigenvalue weighted by molar-refractivity contribution is 6.31. The third kappa shape index (κ3) is 3.01. The van der Waals surface area contributed by atoms with E-state index in [1.165, 1.54) is 6.33 Å². The molecule has 20 heavy (non-hydrogen) atoms. The van der Waals surface area contributed by atoms with Crippen molar-refractivity contribution in [1.29, 1.82) is 5.26 Å². The second-order valence-electron chi connectivity index (χ2n) is 4.51. The van der Waals surface area contributed by atoms with Gasteiger partial charge in [0.25, 0.3) is 0 Å². The molecule has 0 unspecified atom stereocenters. The first-order valence-electron chi connectivity index (χ1n) is 6.00. The molecule has 2 rings (SSSR count). The number of halogens is 2. The van der Waals surface area contributed by atoms with Gasteiger partial charge in [0.2, 0.25) is 0 Å². The first kappa shape index (κ1) is 14.6. The lowest BCUT2D eigenvalue weighted by atomic mass is 10.1. The van der Waals surface area contributed by atoms with Gasteiger partial charge in [-0.2, -0.15) is 5.26 Å². The normalized spacial score (nSPS) is 10.4. The van der Waals surface area contributed by atoms with Gasteiger partial charge < -0.3 is 5.32 Å². The van der Waals surface area contributed by atoms with E-state index in [1.54, 1.807) is 18.2 Å². The van der Waals surface area contributed by atoms with Gasteiger partial charge in [-0.1, -0.05) is 37.0 Å². The number of nitrogens with zero attached hydrogens (tertiary/aromatic N) is 3. The third-order valence-electron chi connectivity index (χ3n) is 2.77. The van der Waals surface area contributed by atoms with E-state index in [4.69, 9.17) is 28.5 Å². The van der Waals surface area contributed by atoms with E-state index in [-0.39, 0.29) is 5.92 Å². The fourth-order valence-electron chi connectivity index (χ4n) is 1.83.